The molecule has 3 nitrogen and oxygen atoms in total. The number of rotatable bonds is 2. The minimum absolute atomic E-state index is 0.507. The number of halogens is 2. The van der Waals surface area contributed by atoms with Crippen LogP contribution in [0.4, 0.5) is 0 Å². The van der Waals surface area contributed by atoms with E-state index in [-0.39, 0.29) is 0 Å². The fourth-order valence-electron chi connectivity index (χ4n) is 1.13. The summed E-state index contributed by atoms with van der Waals surface area (Å²) in [4.78, 5) is 12.8. The summed E-state index contributed by atoms with van der Waals surface area (Å²) < 4.78 is 0.928. The van der Waals surface area contributed by atoms with Crippen molar-refractivity contribution in [2.45, 2.75) is 13.3 Å². The van der Waals surface area contributed by atoms with Crippen LogP contribution < -0.4 is 0 Å². The van der Waals surface area contributed by atoms with Gasteiger partial charge < -0.3 is 0 Å². The van der Waals surface area contributed by atoms with Crippen molar-refractivity contribution in [1.82, 2.24) is 15.0 Å². The molecule has 0 saturated heterocycles. The predicted octanol–water partition coefficient (Wildman–Crippen LogP) is 3.42. The van der Waals surface area contributed by atoms with Crippen LogP contribution in [0.5, 0.6) is 0 Å². The van der Waals surface area contributed by atoms with E-state index in [1.165, 1.54) is 11.3 Å². The molecule has 0 spiro atoms. The maximum absolute atomic E-state index is 6.03. The maximum atomic E-state index is 6.03. The third-order valence-electron chi connectivity index (χ3n) is 1.84. The normalized spacial score (nSPS) is 10.6. The topological polar surface area (TPSA) is 38.7 Å². The Morgan fingerprint density at radius 1 is 1.47 bits per heavy atom. The van der Waals surface area contributed by atoms with Crippen molar-refractivity contribution < 1.29 is 0 Å². The summed E-state index contributed by atoms with van der Waals surface area (Å²) in [5.41, 5.74) is 0.973. The van der Waals surface area contributed by atoms with Gasteiger partial charge in [-0.3, -0.25) is 0 Å². The smallest absolute Gasteiger partial charge is 0.190 e. The Balaban J connectivity index is 2.55. The molecular formula is C9H7ClIN3S. The maximum Gasteiger partial charge on any atom is 0.190 e. The summed E-state index contributed by atoms with van der Waals surface area (Å²) in [6.45, 7) is 2.05. The number of hydrogen-bond donors (Lipinski definition) is 0. The van der Waals surface area contributed by atoms with Gasteiger partial charge in [0, 0.05) is 11.6 Å². The summed E-state index contributed by atoms with van der Waals surface area (Å²) in [6.07, 6.45) is 2.58. The van der Waals surface area contributed by atoms with Crippen LogP contribution in [0.2, 0.25) is 5.15 Å². The van der Waals surface area contributed by atoms with Gasteiger partial charge in [-0.05, 0) is 29.0 Å². The largest absolute Gasteiger partial charge is 0.241 e. The number of thiazole rings is 1. The summed E-state index contributed by atoms with van der Waals surface area (Å²) in [5.74, 6) is 0.618. The van der Waals surface area contributed by atoms with Crippen LogP contribution in [0.25, 0.3) is 10.8 Å². The summed E-state index contributed by atoms with van der Waals surface area (Å²) in [6, 6.07) is 0. The van der Waals surface area contributed by atoms with E-state index >= 15 is 0 Å². The minimum Gasteiger partial charge on any atom is -0.241 e. The molecule has 0 radical (unpaired) electrons. The highest BCUT2D eigenvalue weighted by Crippen LogP contribution is 2.25. The van der Waals surface area contributed by atoms with Crippen molar-refractivity contribution in [2.75, 3.05) is 0 Å². The summed E-state index contributed by atoms with van der Waals surface area (Å²) >= 11 is 9.71. The van der Waals surface area contributed by atoms with Crippen LogP contribution in [0.3, 0.4) is 0 Å². The van der Waals surface area contributed by atoms with Gasteiger partial charge in [0.2, 0.25) is 0 Å². The molecule has 0 atom stereocenters. The summed E-state index contributed by atoms with van der Waals surface area (Å²) in [7, 11) is 0. The van der Waals surface area contributed by atoms with E-state index in [1.54, 1.807) is 6.20 Å². The molecule has 0 aliphatic heterocycles. The minimum atomic E-state index is 0.507. The fraction of sp³-hybridized carbons (Fsp3) is 0.222. The first-order valence-electron chi connectivity index (χ1n) is 4.34. The molecule has 0 aliphatic carbocycles. The number of aryl methyl sites for hydroxylation is 1. The van der Waals surface area contributed by atoms with E-state index in [1.807, 2.05) is 12.3 Å². The van der Waals surface area contributed by atoms with Crippen LogP contribution in [0, 0.1) is 3.57 Å². The molecule has 2 aromatic heterocycles. The van der Waals surface area contributed by atoms with Gasteiger partial charge in [-0.1, -0.05) is 18.5 Å². The highest BCUT2D eigenvalue weighted by molar-refractivity contribution is 14.1. The van der Waals surface area contributed by atoms with E-state index in [9.17, 15) is 0 Å². The lowest BCUT2D eigenvalue weighted by atomic mass is 10.3. The van der Waals surface area contributed by atoms with Crippen LogP contribution >= 0.6 is 45.5 Å². The van der Waals surface area contributed by atoms with E-state index in [0.717, 1.165) is 20.7 Å². The monoisotopic (exact) mass is 351 g/mol. The zero-order valence-electron chi connectivity index (χ0n) is 7.87. The summed E-state index contributed by atoms with van der Waals surface area (Å²) in [5, 5.41) is 3.21. The molecule has 0 bridgehead atoms. The highest BCUT2D eigenvalue weighted by atomic mass is 127. The van der Waals surface area contributed by atoms with Gasteiger partial charge in [-0.25, -0.2) is 15.0 Å². The van der Waals surface area contributed by atoms with Gasteiger partial charge in [-0.15, -0.1) is 11.3 Å². The third kappa shape index (κ3) is 2.29. The average molecular weight is 352 g/mol. The predicted molar refractivity (Wildman–Crippen MR) is 70.2 cm³/mol. The molecule has 2 rings (SSSR count). The van der Waals surface area contributed by atoms with Gasteiger partial charge in [0.25, 0.3) is 0 Å². The Kier molecular flexibility index (Phi) is 3.53. The Bertz CT molecular complexity index is 472. The van der Waals surface area contributed by atoms with Crippen molar-refractivity contribution in [3.05, 3.63) is 26.0 Å². The van der Waals surface area contributed by atoms with E-state index in [2.05, 4.69) is 37.5 Å². The number of aromatic nitrogens is 3. The molecule has 0 aliphatic rings. The molecule has 0 saturated carbocycles. The van der Waals surface area contributed by atoms with E-state index < -0.39 is 0 Å². The second-order valence-electron chi connectivity index (χ2n) is 2.79. The second-order valence-corrected chi connectivity index (χ2v) is 5.12. The Hall–Kier alpha value is -0.270. The lowest BCUT2D eigenvalue weighted by molar-refractivity contribution is 0.987. The van der Waals surface area contributed by atoms with E-state index in [4.69, 9.17) is 11.6 Å². The molecule has 78 valence electrons. The Morgan fingerprint density at radius 2 is 2.27 bits per heavy atom. The fourth-order valence-corrected chi connectivity index (χ4v) is 2.51. The molecule has 0 amide bonds. The molecule has 2 heterocycles. The standard InChI is InChI=1S/C9H7ClIN3S/c1-2-5-6(11)7(10)14-8(13-5)9-12-3-4-15-9/h3-4H,2H2,1H3. The Labute approximate surface area is 110 Å². The first-order valence-corrected chi connectivity index (χ1v) is 6.67. The van der Waals surface area contributed by atoms with E-state index in [0.29, 0.717) is 11.0 Å². The van der Waals surface area contributed by atoms with Gasteiger partial charge in [0.05, 0.1) is 9.26 Å². The molecule has 0 unspecified atom stereocenters. The van der Waals surface area contributed by atoms with Gasteiger partial charge in [-0.2, -0.15) is 0 Å². The second kappa shape index (κ2) is 4.71. The van der Waals surface area contributed by atoms with Gasteiger partial charge in [0.1, 0.15) is 5.15 Å². The highest BCUT2D eigenvalue weighted by Gasteiger charge is 2.11. The van der Waals surface area contributed by atoms with Crippen molar-refractivity contribution in [2.24, 2.45) is 0 Å². The molecule has 2 aromatic rings. The zero-order valence-corrected chi connectivity index (χ0v) is 11.6. The SMILES string of the molecule is CCc1nc(-c2nccs2)nc(Cl)c1I. The molecule has 0 N–H and O–H groups in total. The van der Waals surface area contributed by atoms with Gasteiger partial charge >= 0.3 is 0 Å². The molecule has 15 heavy (non-hydrogen) atoms. The van der Waals surface area contributed by atoms with Gasteiger partial charge in [0.15, 0.2) is 10.8 Å². The van der Waals surface area contributed by atoms with Crippen LogP contribution in [-0.4, -0.2) is 15.0 Å². The van der Waals surface area contributed by atoms with Crippen LogP contribution in [-0.2, 0) is 6.42 Å². The number of hydrogen-bond acceptors (Lipinski definition) is 4. The van der Waals surface area contributed by atoms with Crippen molar-refractivity contribution >= 4 is 45.5 Å². The molecule has 0 aromatic carbocycles. The Morgan fingerprint density at radius 3 is 2.87 bits per heavy atom. The lowest BCUT2D eigenvalue weighted by Gasteiger charge is -2.04. The van der Waals surface area contributed by atoms with Crippen molar-refractivity contribution in [3.8, 4) is 10.8 Å². The zero-order chi connectivity index (χ0) is 10.8. The first-order chi connectivity index (χ1) is 7.22. The van der Waals surface area contributed by atoms with Crippen LogP contribution in [0.15, 0.2) is 11.6 Å². The third-order valence-corrected chi connectivity index (χ3v) is 4.33. The molecular weight excluding hydrogens is 345 g/mol. The van der Waals surface area contributed by atoms with Crippen molar-refractivity contribution in [1.29, 1.82) is 0 Å². The molecule has 6 heteroatoms. The first kappa shape index (κ1) is 11.2. The van der Waals surface area contributed by atoms with Crippen molar-refractivity contribution in [3.63, 3.8) is 0 Å². The van der Waals surface area contributed by atoms with Crippen LogP contribution in [0.1, 0.15) is 12.6 Å². The average Bonchev–Trinajstić information content (AvgIpc) is 2.75. The number of nitrogens with zero attached hydrogens (tertiary/aromatic N) is 3. The lowest BCUT2D eigenvalue weighted by Crippen LogP contribution is -1.99. The molecule has 0 fully saturated rings. The quantitative estimate of drug-likeness (QED) is 0.615.